The van der Waals surface area contributed by atoms with Gasteiger partial charge in [-0.1, -0.05) is 23.5 Å². The first-order valence-corrected chi connectivity index (χ1v) is 9.10. The molecule has 4 rings (SSSR count). The molecule has 0 atom stereocenters. The fraction of sp³-hybridized carbons (Fsp3) is 0.0500. The number of thiazole rings is 1. The molecule has 0 saturated heterocycles. The molecule has 0 radical (unpaired) electrons. The number of aromatic nitrogens is 2. The molecule has 0 aliphatic carbocycles. The van der Waals surface area contributed by atoms with Gasteiger partial charge in [-0.15, -0.1) is 0 Å². The van der Waals surface area contributed by atoms with Crippen LogP contribution in [0.1, 0.15) is 0 Å². The van der Waals surface area contributed by atoms with Crippen molar-refractivity contribution in [1.82, 2.24) is 9.97 Å². The van der Waals surface area contributed by atoms with Gasteiger partial charge in [-0.2, -0.15) is 0 Å². The Hall–Kier alpha value is -3.39. The summed E-state index contributed by atoms with van der Waals surface area (Å²) < 4.78 is 31.6. The molecule has 5 nitrogen and oxygen atoms in total. The van der Waals surface area contributed by atoms with Crippen LogP contribution in [0.5, 0.6) is 5.75 Å². The number of amides is 1. The molecule has 0 bridgehead atoms. The SMILES string of the molecule is O=C(COc1ccc(F)cc1F)Nc1cccc(-c2nc3cccnc3s2)c1. The number of anilines is 1. The zero-order valence-electron chi connectivity index (χ0n) is 14.4. The Morgan fingerprint density at radius 3 is 2.82 bits per heavy atom. The number of carbonyl (C=O) groups excluding carboxylic acids is 1. The number of nitrogens with one attached hydrogen (secondary N) is 1. The molecule has 1 amide bonds. The molecule has 0 fully saturated rings. The molecule has 2 aromatic heterocycles. The van der Waals surface area contributed by atoms with Gasteiger partial charge in [-0.3, -0.25) is 4.79 Å². The topological polar surface area (TPSA) is 64.1 Å². The van der Waals surface area contributed by atoms with E-state index >= 15 is 0 Å². The maximum Gasteiger partial charge on any atom is 0.262 e. The van der Waals surface area contributed by atoms with Crippen LogP contribution in [0.25, 0.3) is 20.9 Å². The molecule has 0 saturated carbocycles. The Labute approximate surface area is 162 Å². The predicted octanol–water partition coefficient (Wildman–Crippen LogP) is 4.65. The average Bonchev–Trinajstić information content (AvgIpc) is 3.12. The lowest BCUT2D eigenvalue weighted by Gasteiger charge is -2.09. The van der Waals surface area contributed by atoms with Crippen molar-refractivity contribution in [2.24, 2.45) is 0 Å². The van der Waals surface area contributed by atoms with Crippen molar-refractivity contribution in [1.29, 1.82) is 0 Å². The highest BCUT2D eigenvalue weighted by Gasteiger charge is 2.10. The molecular weight excluding hydrogens is 384 g/mol. The first-order chi connectivity index (χ1) is 13.6. The molecule has 0 unspecified atom stereocenters. The smallest absolute Gasteiger partial charge is 0.262 e. The third-order valence-corrected chi connectivity index (χ3v) is 4.84. The van der Waals surface area contributed by atoms with Gasteiger partial charge in [0.25, 0.3) is 5.91 Å². The van der Waals surface area contributed by atoms with Crippen LogP contribution >= 0.6 is 11.3 Å². The third-order valence-electron chi connectivity index (χ3n) is 3.81. The molecule has 0 aliphatic rings. The Balaban J connectivity index is 1.44. The minimum Gasteiger partial charge on any atom is -0.481 e. The lowest BCUT2D eigenvalue weighted by atomic mass is 10.2. The number of nitrogens with zero attached hydrogens (tertiary/aromatic N) is 2. The summed E-state index contributed by atoms with van der Waals surface area (Å²) in [6.45, 7) is -0.405. The van der Waals surface area contributed by atoms with E-state index in [9.17, 15) is 13.6 Å². The zero-order chi connectivity index (χ0) is 19.5. The van der Waals surface area contributed by atoms with Gasteiger partial charge in [0, 0.05) is 23.5 Å². The highest BCUT2D eigenvalue weighted by molar-refractivity contribution is 7.21. The fourth-order valence-corrected chi connectivity index (χ4v) is 3.46. The van der Waals surface area contributed by atoms with E-state index < -0.39 is 24.1 Å². The number of rotatable bonds is 5. The number of pyridine rings is 1. The maximum absolute atomic E-state index is 13.5. The van der Waals surface area contributed by atoms with Crippen molar-refractivity contribution in [3.05, 3.63) is 72.4 Å². The number of ether oxygens (including phenoxy) is 1. The van der Waals surface area contributed by atoms with Gasteiger partial charge in [0.15, 0.2) is 18.2 Å². The minimum absolute atomic E-state index is 0.188. The Morgan fingerprint density at radius 1 is 1.11 bits per heavy atom. The quantitative estimate of drug-likeness (QED) is 0.532. The van der Waals surface area contributed by atoms with Gasteiger partial charge in [-0.05, 0) is 36.4 Å². The lowest BCUT2D eigenvalue weighted by Crippen LogP contribution is -2.20. The molecular formula is C20H13F2N3O2S. The summed E-state index contributed by atoms with van der Waals surface area (Å²) in [5, 5.41) is 3.47. The predicted molar refractivity (Wildman–Crippen MR) is 103 cm³/mol. The van der Waals surface area contributed by atoms with Crippen LogP contribution in [0.4, 0.5) is 14.5 Å². The maximum atomic E-state index is 13.5. The second-order valence-electron chi connectivity index (χ2n) is 5.84. The molecule has 0 aliphatic heterocycles. The highest BCUT2D eigenvalue weighted by atomic mass is 32.1. The summed E-state index contributed by atoms with van der Waals surface area (Å²) >= 11 is 1.46. The van der Waals surface area contributed by atoms with E-state index in [1.807, 2.05) is 18.2 Å². The van der Waals surface area contributed by atoms with Crippen LogP contribution in [0.2, 0.25) is 0 Å². The van der Waals surface area contributed by atoms with Gasteiger partial charge in [0.05, 0.1) is 0 Å². The summed E-state index contributed by atoms with van der Waals surface area (Å²) in [6.07, 6.45) is 1.71. The second-order valence-corrected chi connectivity index (χ2v) is 6.82. The lowest BCUT2D eigenvalue weighted by molar-refractivity contribution is -0.118. The standard InChI is InChI=1S/C20H13F2N3O2S/c21-13-6-7-17(15(22)10-13)27-11-18(26)24-14-4-1-3-12(9-14)19-25-16-5-2-8-23-20(16)28-19/h1-10H,11H2,(H,24,26). The van der Waals surface area contributed by atoms with Crippen molar-refractivity contribution in [3.63, 3.8) is 0 Å². The molecule has 4 aromatic rings. The van der Waals surface area contributed by atoms with E-state index in [2.05, 4.69) is 15.3 Å². The highest BCUT2D eigenvalue weighted by Crippen LogP contribution is 2.30. The number of benzene rings is 2. The molecule has 8 heteroatoms. The third kappa shape index (κ3) is 3.96. The van der Waals surface area contributed by atoms with Gasteiger partial charge in [0.2, 0.25) is 0 Å². The molecule has 2 aromatic carbocycles. The average molecular weight is 397 g/mol. The van der Waals surface area contributed by atoms with Crippen molar-refractivity contribution >= 4 is 33.3 Å². The molecule has 0 spiro atoms. The van der Waals surface area contributed by atoms with Crippen molar-refractivity contribution in [2.75, 3.05) is 11.9 Å². The van der Waals surface area contributed by atoms with E-state index in [0.717, 1.165) is 33.1 Å². The van der Waals surface area contributed by atoms with Crippen LogP contribution in [0.15, 0.2) is 60.8 Å². The van der Waals surface area contributed by atoms with Crippen molar-refractivity contribution in [3.8, 4) is 16.3 Å². The van der Waals surface area contributed by atoms with E-state index in [0.29, 0.717) is 11.8 Å². The number of hydrogen-bond acceptors (Lipinski definition) is 5. The molecule has 1 N–H and O–H groups in total. The molecule has 28 heavy (non-hydrogen) atoms. The Morgan fingerprint density at radius 2 is 2.00 bits per heavy atom. The Kier molecular flexibility index (Phi) is 4.94. The van der Waals surface area contributed by atoms with Crippen LogP contribution in [0, 0.1) is 11.6 Å². The van der Waals surface area contributed by atoms with Crippen LogP contribution in [-0.4, -0.2) is 22.5 Å². The Bertz CT molecular complexity index is 1130. The van der Waals surface area contributed by atoms with Gasteiger partial charge in [0.1, 0.15) is 21.2 Å². The second kappa shape index (κ2) is 7.69. The van der Waals surface area contributed by atoms with Gasteiger partial charge in [-0.25, -0.2) is 18.7 Å². The van der Waals surface area contributed by atoms with Crippen molar-refractivity contribution < 1.29 is 18.3 Å². The summed E-state index contributed by atoms with van der Waals surface area (Å²) in [7, 11) is 0. The normalized spacial score (nSPS) is 10.8. The summed E-state index contributed by atoms with van der Waals surface area (Å²) in [5.41, 5.74) is 2.20. The molecule has 140 valence electrons. The van der Waals surface area contributed by atoms with E-state index in [1.165, 1.54) is 11.3 Å². The van der Waals surface area contributed by atoms with Crippen LogP contribution < -0.4 is 10.1 Å². The fourth-order valence-electron chi connectivity index (χ4n) is 2.56. The van der Waals surface area contributed by atoms with Crippen molar-refractivity contribution in [2.45, 2.75) is 0 Å². The van der Waals surface area contributed by atoms with Crippen LogP contribution in [0.3, 0.4) is 0 Å². The summed E-state index contributed by atoms with van der Waals surface area (Å²) in [6, 6.07) is 13.8. The largest absolute Gasteiger partial charge is 0.481 e. The van der Waals surface area contributed by atoms with Gasteiger partial charge < -0.3 is 10.1 Å². The van der Waals surface area contributed by atoms with E-state index in [-0.39, 0.29) is 5.75 Å². The number of carbonyl (C=O) groups is 1. The van der Waals surface area contributed by atoms with Gasteiger partial charge >= 0.3 is 0 Å². The number of fused-ring (bicyclic) bond motifs is 1. The number of hydrogen-bond donors (Lipinski definition) is 1. The number of halogens is 2. The first-order valence-electron chi connectivity index (χ1n) is 8.28. The van der Waals surface area contributed by atoms with E-state index in [4.69, 9.17) is 4.74 Å². The van der Waals surface area contributed by atoms with Crippen LogP contribution in [-0.2, 0) is 4.79 Å². The summed E-state index contributed by atoms with van der Waals surface area (Å²) in [5.74, 6) is -2.23. The minimum atomic E-state index is -0.862. The molecule has 2 heterocycles. The first kappa shape index (κ1) is 18.0. The zero-order valence-corrected chi connectivity index (χ0v) is 15.2. The van der Waals surface area contributed by atoms with E-state index in [1.54, 1.807) is 24.4 Å². The summed E-state index contributed by atoms with van der Waals surface area (Å²) in [4.78, 5) is 21.8. The monoisotopic (exact) mass is 397 g/mol.